The first-order chi connectivity index (χ1) is 16.0. The van der Waals surface area contributed by atoms with Gasteiger partial charge in [0.2, 0.25) is 5.60 Å². The van der Waals surface area contributed by atoms with E-state index in [4.69, 9.17) is 25.7 Å². The predicted octanol–water partition coefficient (Wildman–Crippen LogP) is -0.235. The van der Waals surface area contributed by atoms with Crippen molar-refractivity contribution in [3.05, 3.63) is 11.8 Å². The number of hydrogen-bond acceptors (Lipinski definition) is 12. The third kappa shape index (κ3) is 4.77. The summed E-state index contributed by atoms with van der Waals surface area (Å²) in [6.45, 7) is 6.91. The number of hydrogen-bond donors (Lipinski definition) is 3. The van der Waals surface area contributed by atoms with E-state index in [2.05, 4.69) is 10.1 Å². The Kier molecular flexibility index (Phi) is 7.60. The fourth-order valence-electron chi connectivity index (χ4n) is 4.02. The van der Waals surface area contributed by atoms with Crippen molar-refractivity contribution in [1.82, 2.24) is 5.01 Å². The van der Waals surface area contributed by atoms with Crippen LogP contribution in [0.25, 0.3) is 0 Å². The van der Waals surface area contributed by atoms with E-state index in [-0.39, 0.29) is 30.6 Å². The van der Waals surface area contributed by atoms with E-state index in [1.807, 2.05) is 19.9 Å². The number of amidine groups is 1. The van der Waals surface area contributed by atoms with Gasteiger partial charge < -0.3 is 30.8 Å². The molecule has 5 N–H and O–H groups in total. The van der Waals surface area contributed by atoms with Gasteiger partial charge in [-0.2, -0.15) is 10.4 Å². The predicted molar refractivity (Wildman–Crippen MR) is 121 cm³/mol. The Morgan fingerprint density at radius 3 is 2.74 bits per heavy atom. The maximum atomic E-state index is 12.6. The first-order valence-electron chi connectivity index (χ1n) is 11.3. The number of aliphatic imine (C=N–C) groups is 1. The van der Waals surface area contributed by atoms with Crippen molar-refractivity contribution in [2.24, 2.45) is 33.4 Å². The van der Waals surface area contributed by atoms with E-state index in [1.165, 1.54) is 11.3 Å². The van der Waals surface area contributed by atoms with Crippen molar-refractivity contribution < 1.29 is 28.9 Å². The van der Waals surface area contributed by atoms with Crippen LogP contribution in [0.3, 0.4) is 0 Å². The monoisotopic (exact) mass is 476 g/mol. The maximum Gasteiger partial charge on any atom is 0.323 e. The molecule has 1 fully saturated rings. The van der Waals surface area contributed by atoms with Gasteiger partial charge in [0.15, 0.2) is 6.10 Å². The first kappa shape index (κ1) is 25.6. The molecule has 12 heteroatoms. The third-order valence-corrected chi connectivity index (χ3v) is 6.00. The van der Waals surface area contributed by atoms with Crippen molar-refractivity contribution in [3.8, 4) is 6.07 Å². The van der Waals surface area contributed by atoms with Gasteiger partial charge in [-0.3, -0.25) is 14.6 Å². The van der Waals surface area contributed by atoms with E-state index in [0.29, 0.717) is 12.3 Å². The lowest BCUT2D eigenvalue weighted by Gasteiger charge is -2.34. The summed E-state index contributed by atoms with van der Waals surface area (Å²) < 4.78 is 16.9. The molecule has 0 saturated carbocycles. The highest BCUT2D eigenvalue weighted by atomic mass is 16.6. The van der Waals surface area contributed by atoms with E-state index >= 15 is 0 Å². The van der Waals surface area contributed by atoms with Gasteiger partial charge in [0.25, 0.3) is 0 Å². The highest BCUT2D eigenvalue weighted by Gasteiger charge is 2.62. The highest BCUT2D eigenvalue weighted by molar-refractivity contribution is 5.93. The Bertz CT molecular complexity index is 941. The number of nitrogens with zero attached hydrogens (tertiary/aromatic N) is 4. The Morgan fingerprint density at radius 2 is 2.12 bits per heavy atom. The second-order valence-electron chi connectivity index (χ2n) is 9.37. The summed E-state index contributed by atoms with van der Waals surface area (Å²) in [5, 5.41) is 27.1. The zero-order valence-corrected chi connectivity index (χ0v) is 19.7. The minimum Gasteiger partial charge on any atom is -0.463 e. The summed E-state index contributed by atoms with van der Waals surface area (Å²) in [5.74, 6) is -1.09. The highest BCUT2D eigenvalue weighted by Crippen LogP contribution is 2.43. The van der Waals surface area contributed by atoms with Gasteiger partial charge in [-0.05, 0) is 18.3 Å². The average molecular weight is 477 g/mol. The SMILES string of the molecule is CC(C)CC(=O)OC[C@H]1O[C@@](C#N)(C2=CCC3C(N)=NC=NN23)[C@H](O)[C@@H]1OC(=O)[C@@H](N)C(C)C. The molecule has 1 saturated heterocycles. The normalized spacial score (nSPS) is 31.1. The van der Waals surface area contributed by atoms with Crippen molar-refractivity contribution >= 4 is 24.1 Å². The zero-order chi connectivity index (χ0) is 25.2. The van der Waals surface area contributed by atoms with Crippen LogP contribution in [0.2, 0.25) is 0 Å². The quantitative estimate of drug-likeness (QED) is 0.395. The Labute approximate surface area is 198 Å². The summed E-state index contributed by atoms with van der Waals surface area (Å²) >= 11 is 0. The number of carbonyl (C=O) groups is 2. The second-order valence-corrected chi connectivity index (χ2v) is 9.37. The lowest BCUT2D eigenvalue weighted by Crippen LogP contribution is -2.51. The zero-order valence-electron chi connectivity index (χ0n) is 19.7. The largest absolute Gasteiger partial charge is 0.463 e. The third-order valence-electron chi connectivity index (χ3n) is 6.00. The van der Waals surface area contributed by atoms with Crippen LogP contribution in [-0.4, -0.2) is 76.8 Å². The molecule has 3 aliphatic heterocycles. The number of hydrazone groups is 1. The Morgan fingerprint density at radius 1 is 1.41 bits per heavy atom. The minimum atomic E-state index is -1.95. The van der Waals surface area contributed by atoms with Crippen LogP contribution in [0.5, 0.6) is 0 Å². The lowest BCUT2D eigenvalue weighted by molar-refractivity contribution is -0.162. The number of esters is 2. The van der Waals surface area contributed by atoms with Crippen molar-refractivity contribution in [2.45, 2.75) is 76.5 Å². The number of rotatable bonds is 8. The number of aliphatic hydroxyl groups excluding tert-OH is 1. The molecule has 3 aliphatic rings. The van der Waals surface area contributed by atoms with Gasteiger partial charge in [0.1, 0.15) is 49.1 Å². The molecule has 0 radical (unpaired) electrons. The summed E-state index contributed by atoms with van der Waals surface area (Å²) in [7, 11) is 0. The van der Waals surface area contributed by atoms with E-state index in [0.717, 1.165) is 0 Å². The van der Waals surface area contributed by atoms with Crippen LogP contribution < -0.4 is 11.5 Å². The smallest absolute Gasteiger partial charge is 0.323 e. The van der Waals surface area contributed by atoms with Crippen LogP contribution in [-0.2, 0) is 23.8 Å². The molecule has 0 aromatic heterocycles. The van der Waals surface area contributed by atoms with E-state index < -0.39 is 47.9 Å². The molecular weight excluding hydrogens is 444 g/mol. The molecule has 0 aromatic carbocycles. The molecule has 0 aromatic rings. The molecule has 0 spiro atoms. The van der Waals surface area contributed by atoms with Crippen molar-refractivity contribution in [1.29, 1.82) is 5.26 Å². The van der Waals surface area contributed by atoms with E-state index in [9.17, 15) is 20.0 Å². The van der Waals surface area contributed by atoms with Gasteiger partial charge in [-0.15, -0.1) is 0 Å². The van der Waals surface area contributed by atoms with Crippen molar-refractivity contribution in [2.75, 3.05) is 6.61 Å². The fourth-order valence-corrected chi connectivity index (χ4v) is 4.02. The number of fused-ring (bicyclic) bond motifs is 1. The molecule has 6 atom stereocenters. The van der Waals surface area contributed by atoms with Crippen LogP contribution in [0.1, 0.15) is 40.5 Å². The first-order valence-corrected chi connectivity index (χ1v) is 11.3. The molecule has 34 heavy (non-hydrogen) atoms. The molecule has 12 nitrogen and oxygen atoms in total. The lowest BCUT2D eigenvalue weighted by atomic mass is 9.92. The van der Waals surface area contributed by atoms with Crippen molar-refractivity contribution in [3.63, 3.8) is 0 Å². The summed E-state index contributed by atoms with van der Waals surface area (Å²) in [6.07, 6.45) is -0.573. The fraction of sp³-hybridized carbons (Fsp3) is 0.682. The molecule has 0 amide bonds. The van der Waals surface area contributed by atoms with Gasteiger partial charge >= 0.3 is 11.9 Å². The summed E-state index contributed by atoms with van der Waals surface area (Å²) in [6, 6.07) is 0.639. The number of nitrogens with two attached hydrogens (primary N) is 2. The molecular formula is C22H32N6O6. The van der Waals surface area contributed by atoms with Gasteiger partial charge in [-0.25, -0.2) is 4.99 Å². The number of aliphatic hydroxyl groups is 1. The molecule has 3 rings (SSSR count). The molecule has 1 unspecified atom stereocenters. The van der Waals surface area contributed by atoms with Gasteiger partial charge in [-0.1, -0.05) is 33.8 Å². The number of carbonyl (C=O) groups excluding carboxylic acids is 2. The van der Waals surface area contributed by atoms with Crippen LogP contribution in [0.4, 0.5) is 0 Å². The van der Waals surface area contributed by atoms with Gasteiger partial charge in [0.05, 0.1) is 5.70 Å². The van der Waals surface area contributed by atoms with Crippen LogP contribution in [0.15, 0.2) is 21.9 Å². The molecule has 0 aliphatic carbocycles. The summed E-state index contributed by atoms with van der Waals surface area (Å²) in [5.41, 5.74) is 10.2. The standard InChI is InChI=1S/C22H32N6O6/c1-11(2)7-16(29)32-8-14-18(33-21(31)17(24)12(3)4)19(30)22(9-23,34-14)15-6-5-13-20(25)26-10-27-28(13)15/h6,10-14,17-19,30H,5,7-8,24H2,1-4H3,(H2,25,26,27)/t13?,14-,17+,18-,19-,22+/m1/s1. The van der Waals surface area contributed by atoms with E-state index in [1.54, 1.807) is 19.9 Å². The molecule has 0 bridgehead atoms. The van der Waals surface area contributed by atoms with Crippen LogP contribution >= 0.6 is 0 Å². The second kappa shape index (κ2) is 10.1. The van der Waals surface area contributed by atoms with Gasteiger partial charge in [0, 0.05) is 6.42 Å². The Hall–Kier alpha value is -3.01. The summed E-state index contributed by atoms with van der Waals surface area (Å²) in [4.78, 5) is 28.7. The topological polar surface area (TPSA) is 186 Å². The Balaban J connectivity index is 1.89. The number of ether oxygens (including phenoxy) is 3. The van der Waals surface area contributed by atoms with Crippen LogP contribution in [0, 0.1) is 23.2 Å². The minimum absolute atomic E-state index is 0.0723. The molecule has 3 heterocycles. The maximum absolute atomic E-state index is 12.6. The molecule has 186 valence electrons. The average Bonchev–Trinajstić information content (AvgIpc) is 3.32. The number of nitriles is 1.